The predicted molar refractivity (Wildman–Crippen MR) is 189 cm³/mol. The zero-order chi connectivity index (χ0) is 30.0. The number of aromatic nitrogens is 3. The number of hydrogen-bond donors (Lipinski definition) is 2. The molecule has 0 amide bonds. The van der Waals surface area contributed by atoms with Gasteiger partial charge in [-0.1, -0.05) is 36.3 Å². The number of rotatable bonds is 11. The van der Waals surface area contributed by atoms with Crippen molar-refractivity contribution in [1.82, 2.24) is 15.0 Å². The smallest absolute Gasteiger partial charge is 0.250 e. The molecule has 2 heterocycles. The summed E-state index contributed by atoms with van der Waals surface area (Å²) in [5, 5.41) is 7.74. The first kappa shape index (κ1) is 30.8. The quantitative estimate of drug-likeness (QED) is 0.0746. The van der Waals surface area contributed by atoms with Gasteiger partial charge in [-0.3, -0.25) is 0 Å². The molecule has 43 heavy (non-hydrogen) atoms. The van der Waals surface area contributed by atoms with Crippen molar-refractivity contribution in [3.8, 4) is 23.8 Å². The third kappa shape index (κ3) is 8.70. The van der Waals surface area contributed by atoms with Gasteiger partial charge in [-0.05, 0) is 112 Å². The maximum absolute atomic E-state index is 5.79. The first-order valence-electron chi connectivity index (χ1n) is 13.8. The second-order valence-corrected chi connectivity index (χ2v) is 12.3. The lowest BCUT2D eigenvalue weighted by molar-refractivity contribution is 0.367. The number of hydrazone groups is 1. The van der Waals surface area contributed by atoms with Crippen molar-refractivity contribution in [1.29, 1.82) is 0 Å². The summed E-state index contributed by atoms with van der Waals surface area (Å²) in [6.07, 6.45) is 10.3. The van der Waals surface area contributed by atoms with E-state index in [1.54, 1.807) is 13.3 Å². The second kappa shape index (κ2) is 15.2. The first-order valence-corrected chi connectivity index (χ1v) is 16.0. The summed E-state index contributed by atoms with van der Waals surface area (Å²) >= 11 is 4.50. The predicted octanol–water partition coefficient (Wildman–Crippen LogP) is 6.75. The van der Waals surface area contributed by atoms with Gasteiger partial charge in [-0.2, -0.15) is 20.1 Å². The van der Waals surface area contributed by atoms with Crippen LogP contribution in [0.3, 0.4) is 0 Å². The van der Waals surface area contributed by atoms with Crippen molar-refractivity contribution in [2.75, 3.05) is 42.4 Å². The van der Waals surface area contributed by atoms with Gasteiger partial charge in [0.25, 0.3) is 0 Å². The molecule has 4 aromatic rings. The van der Waals surface area contributed by atoms with Crippen LogP contribution < -0.4 is 25.1 Å². The Morgan fingerprint density at radius 3 is 2.49 bits per heavy atom. The Bertz CT molecular complexity index is 1590. The first-order chi connectivity index (χ1) is 21.0. The molecule has 11 heteroatoms. The maximum atomic E-state index is 5.79. The highest BCUT2D eigenvalue weighted by molar-refractivity contribution is 14.1. The highest BCUT2D eigenvalue weighted by atomic mass is 127. The summed E-state index contributed by atoms with van der Waals surface area (Å²) in [6.45, 7) is 1.90. The summed E-state index contributed by atoms with van der Waals surface area (Å²) in [6, 6.07) is 22.3. The summed E-state index contributed by atoms with van der Waals surface area (Å²) in [5.41, 5.74) is 6.01. The van der Waals surface area contributed by atoms with Crippen molar-refractivity contribution in [3.63, 3.8) is 0 Å². The van der Waals surface area contributed by atoms with Crippen molar-refractivity contribution in [3.05, 3.63) is 85.0 Å². The fourth-order valence-electron chi connectivity index (χ4n) is 4.80. The number of halogens is 2. The topological polar surface area (TPSA) is 96.8 Å². The minimum absolute atomic E-state index is 0.171. The molecule has 1 aromatic heterocycles. The average Bonchev–Trinajstić information content (AvgIpc) is 3.02. The van der Waals surface area contributed by atoms with E-state index in [0.29, 0.717) is 29.5 Å². The van der Waals surface area contributed by atoms with E-state index in [9.17, 15) is 0 Å². The third-order valence-electron chi connectivity index (χ3n) is 6.94. The molecular formula is C32H31I2N7O2. The van der Waals surface area contributed by atoms with Gasteiger partial charge in [0.1, 0.15) is 18.1 Å². The zero-order valence-electron chi connectivity index (χ0n) is 23.6. The van der Waals surface area contributed by atoms with Gasteiger partial charge in [-0.15, -0.1) is 6.42 Å². The van der Waals surface area contributed by atoms with Crippen LogP contribution in [0.25, 0.3) is 0 Å². The molecule has 0 unspecified atom stereocenters. The summed E-state index contributed by atoms with van der Waals surface area (Å²) < 4.78 is 13.1. The number of nitrogens with zero attached hydrogens (tertiary/aromatic N) is 5. The van der Waals surface area contributed by atoms with Crippen LogP contribution >= 0.6 is 45.2 Å². The standard InChI is InChI=1S/C32H31I2N7O2/c1-3-17-43-29-24(19-25(33)20-28(29)34)21-35-40-31-37-30(36-26-9-11-27(42-2)12-10-26)38-32(39-31)41-15-13-23(14-16-41)18-22-7-5-4-6-8-22/h1,4-12,19-21,23H,13-18H2,2H3,(H2,36,37,38,39,40)/b35-21+. The molecule has 0 atom stereocenters. The molecule has 1 fully saturated rings. The Kier molecular flexibility index (Phi) is 10.9. The average molecular weight is 799 g/mol. The fraction of sp³-hybridized carbons (Fsp3) is 0.250. The Balaban J connectivity index is 1.35. The molecule has 3 aromatic carbocycles. The van der Waals surface area contributed by atoms with E-state index in [1.807, 2.05) is 36.4 Å². The summed E-state index contributed by atoms with van der Waals surface area (Å²) in [5.74, 6) is 5.95. The van der Waals surface area contributed by atoms with Crippen LogP contribution in [0.5, 0.6) is 11.5 Å². The molecular weight excluding hydrogens is 768 g/mol. The van der Waals surface area contributed by atoms with Gasteiger partial charge in [-0.25, -0.2) is 5.43 Å². The Hall–Kier alpha value is -3.64. The third-order valence-corrected chi connectivity index (χ3v) is 8.36. The molecule has 220 valence electrons. The number of ether oxygens (including phenoxy) is 2. The minimum Gasteiger partial charge on any atom is -0.497 e. The van der Waals surface area contributed by atoms with Crippen LogP contribution in [-0.2, 0) is 6.42 Å². The number of hydrogen-bond acceptors (Lipinski definition) is 9. The van der Waals surface area contributed by atoms with Crippen molar-refractivity contribution in [2.24, 2.45) is 11.0 Å². The minimum atomic E-state index is 0.171. The lowest BCUT2D eigenvalue weighted by Crippen LogP contribution is -2.35. The second-order valence-electron chi connectivity index (χ2n) is 9.93. The molecule has 2 N–H and O–H groups in total. The summed E-state index contributed by atoms with van der Waals surface area (Å²) in [7, 11) is 1.64. The van der Waals surface area contributed by atoms with Gasteiger partial charge >= 0.3 is 0 Å². The van der Waals surface area contributed by atoms with Crippen LogP contribution in [0.15, 0.2) is 71.8 Å². The molecule has 1 aliphatic rings. The van der Waals surface area contributed by atoms with Crippen molar-refractivity contribution < 1.29 is 9.47 Å². The molecule has 1 saturated heterocycles. The zero-order valence-corrected chi connectivity index (χ0v) is 27.9. The Morgan fingerprint density at radius 2 is 1.77 bits per heavy atom. The Labute approximate surface area is 279 Å². The van der Waals surface area contributed by atoms with Gasteiger partial charge in [0.2, 0.25) is 17.8 Å². The Morgan fingerprint density at radius 1 is 1.02 bits per heavy atom. The molecule has 0 radical (unpaired) electrons. The van der Waals surface area contributed by atoms with Crippen molar-refractivity contribution >= 4 is 74.9 Å². The number of piperidine rings is 1. The molecule has 0 saturated carbocycles. The number of benzene rings is 3. The molecule has 0 bridgehead atoms. The summed E-state index contributed by atoms with van der Waals surface area (Å²) in [4.78, 5) is 16.3. The van der Waals surface area contributed by atoms with Gasteiger partial charge in [0.15, 0.2) is 0 Å². The highest BCUT2D eigenvalue weighted by Gasteiger charge is 2.22. The molecule has 9 nitrogen and oxygen atoms in total. The number of anilines is 4. The molecule has 0 aliphatic carbocycles. The largest absolute Gasteiger partial charge is 0.497 e. The van der Waals surface area contributed by atoms with Crippen LogP contribution in [0.1, 0.15) is 24.0 Å². The number of nitrogens with one attached hydrogen (secondary N) is 2. The van der Waals surface area contributed by atoms with E-state index >= 15 is 0 Å². The van der Waals surface area contributed by atoms with Crippen LogP contribution in [0, 0.1) is 25.4 Å². The number of methoxy groups -OCH3 is 1. The lowest BCUT2D eigenvalue weighted by Gasteiger charge is -2.32. The van der Waals surface area contributed by atoms with Crippen molar-refractivity contribution in [2.45, 2.75) is 19.3 Å². The molecule has 5 rings (SSSR count). The van der Waals surface area contributed by atoms with Crippen LogP contribution in [0.2, 0.25) is 0 Å². The van der Waals surface area contributed by atoms with Gasteiger partial charge in [0.05, 0.1) is 16.9 Å². The monoisotopic (exact) mass is 799 g/mol. The van der Waals surface area contributed by atoms with Crippen LogP contribution in [0.4, 0.5) is 23.5 Å². The van der Waals surface area contributed by atoms with E-state index in [0.717, 1.165) is 56.5 Å². The lowest BCUT2D eigenvalue weighted by atomic mass is 9.90. The van der Waals surface area contributed by atoms with E-state index in [-0.39, 0.29) is 6.61 Å². The number of terminal acetylenes is 1. The van der Waals surface area contributed by atoms with E-state index in [1.165, 1.54) is 5.56 Å². The molecule has 1 aliphatic heterocycles. The normalized spacial score (nSPS) is 13.5. The van der Waals surface area contributed by atoms with E-state index in [2.05, 4.69) is 107 Å². The maximum Gasteiger partial charge on any atom is 0.250 e. The highest BCUT2D eigenvalue weighted by Crippen LogP contribution is 2.28. The van der Waals surface area contributed by atoms with Gasteiger partial charge < -0.3 is 19.7 Å². The fourth-order valence-corrected chi connectivity index (χ4v) is 6.85. The van der Waals surface area contributed by atoms with Gasteiger partial charge in [0, 0.05) is 27.9 Å². The van der Waals surface area contributed by atoms with Crippen LogP contribution in [-0.4, -0.2) is 48.0 Å². The van der Waals surface area contributed by atoms with E-state index in [4.69, 9.17) is 25.9 Å². The SMILES string of the molecule is C#CCOc1c(I)cc(I)cc1/C=N/Nc1nc(Nc2ccc(OC)cc2)nc(N2CCC(Cc3ccccc3)CC2)n1. The molecule has 0 spiro atoms. The van der Waals surface area contributed by atoms with E-state index < -0.39 is 0 Å².